The van der Waals surface area contributed by atoms with E-state index in [2.05, 4.69) is 15.5 Å². The second-order valence-corrected chi connectivity index (χ2v) is 4.41. The summed E-state index contributed by atoms with van der Waals surface area (Å²) in [6, 6.07) is 10.5. The molecule has 5 heteroatoms. The predicted octanol–water partition coefficient (Wildman–Crippen LogP) is 2.84. The summed E-state index contributed by atoms with van der Waals surface area (Å²) in [5, 5.41) is 14.7. The summed E-state index contributed by atoms with van der Waals surface area (Å²) in [7, 11) is 0. The molecule has 20 heavy (non-hydrogen) atoms. The fourth-order valence-corrected chi connectivity index (χ4v) is 1.77. The summed E-state index contributed by atoms with van der Waals surface area (Å²) in [4.78, 5) is 16.2. The number of carbonyl (C=O) groups is 1. The number of hydrogen-bond donors (Lipinski definition) is 2. The maximum absolute atomic E-state index is 12.1. The first-order valence-corrected chi connectivity index (χ1v) is 6.13. The average Bonchev–Trinajstić information content (AvgIpc) is 2.46. The highest BCUT2D eigenvalue weighted by molar-refractivity contribution is 6.05. The van der Waals surface area contributed by atoms with E-state index in [-0.39, 0.29) is 5.91 Å². The van der Waals surface area contributed by atoms with Crippen molar-refractivity contribution in [3.8, 4) is 0 Å². The molecule has 1 amide bonds. The molecule has 2 rings (SSSR count). The fraction of sp³-hybridized carbons (Fsp3) is 0.133. The molecule has 0 spiro atoms. The lowest BCUT2D eigenvalue weighted by Crippen LogP contribution is -2.12. The molecule has 102 valence electrons. The smallest absolute Gasteiger partial charge is 0.255 e. The van der Waals surface area contributed by atoms with Crippen LogP contribution in [-0.4, -0.2) is 21.8 Å². The number of rotatable bonds is 3. The van der Waals surface area contributed by atoms with Crippen molar-refractivity contribution < 1.29 is 10.0 Å². The van der Waals surface area contributed by atoms with Gasteiger partial charge in [-0.05, 0) is 38.1 Å². The van der Waals surface area contributed by atoms with Crippen molar-refractivity contribution in [3.05, 3.63) is 59.4 Å². The number of aromatic nitrogens is 1. The van der Waals surface area contributed by atoms with Gasteiger partial charge in [0, 0.05) is 28.7 Å². The highest BCUT2D eigenvalue weighted by atomic mass is 16.4. The van der Waals surface area contributed by atoms with Gasteiger partial charge in [0.2, 0.25) is 0 Å². The first-order valence-electron chi connectivity index (χ1n) is 6.13. The van der Waals surface area contributed by atoms with Gasteiger partial charge in [-0.3, -0.25) is 9.78 Å². The molecule has 0 aliphatic heterocycles. The van der Waals surface area contributed by atoms with Crippen molar-refractivity contribution >= 4 is 17.3 Å². The van der Waals surface area contributed by atoms with Crippen LogP contribution >= 0.6 is 0 Å². The standard InChI is InChI=1S/C15H15N3O2/c1-10-8-13(6-7-16-10)15(19)17-14-5-3-4-12(9-14)11(2)18-20/h3-9,20H,1-2H3,(H,17,19)/b18-11-. The first-order chi connectivity index (χ1) is 9.60. The Morgan fingerprint density at radius 3 is 2.75 bits per heavy atom. The molecular formula is C15H15N3O2. The summed E-state index contributed by atoms with van der Waals surface area (Å²) in [5.41, 5.74) is 3.21. The Labute approximate surface area is 117 Å². The van der Waals surface area contributed by atoms with Gasteiger partial charge in [0.1, 0.15) is 0 Å². The highest BCUT2D eigenvalue weighted by Crippen LogP contribution is 2.13. The maximum Gasteiger partial charge on any atom is 0.255 e. The van der Waals surface area contributed by atoms with Gasteiger partial charge in [0.25, 0.3) is 5.91 Å². The molecule has 0 radical (unpaired) electrons. The summed E-state index contributed by atoms with van der Waals surface area (Å²) in [5.74, 6) is -0.203. The minimum absolute atomic E-state index is 0.203. The third-order valence-corrected chi connectivity index (χ3v) is 2.85. The van der Waals surface area contributed by atoms with Gasteiger partial charge in [-0.1, -0.05) is 17.3 Å². The molecule has 0 unspecified atom stereocenters. The third-order valence-electron chi connectivity index (χ3n) is 2.85. The molecule has 0 fully saturated rings. The lowest BCUT2D eigenvalue weighted by molar-refractivity contribution is 0.102. The molecule has 0 saturated carbocycles. The van der Waals surface area contributed by atoms with E-state index in [1.807, 2.05) is 6.92 Å². The van der Waals surface area contributed by atoms with Gasteiger partial charge < -0.3 is 10.5 Å². The van der Waals surface area contributed by atoms with Crippen molar-refractivity contribution in [2.45, 2.75) is 13.8 Å². The minimum Gasteiger partial charge on any atom is -0.411 e. The summed E-state index contributed by atoms with van der Waals surface area (Å²) in [6.07, 6.45) is 1.60. The Hall–Kier alpha value is -2.69. The van der Waals surface area contributed by atoms with E-state index in [1.165, 1.54) is 0 Å². The first kappa shape index (κ1) is 13.7. The quantitative estimate of drug-likeness (QED) is 0.511. The zero-order valence-corrected chi connectivity index (χ0v) is 11.3. The zero-order chi connectivity index (χ0) is 14.5. The van der Waals surface area contributed by atoms with Gasteiger partial charge >= 0.3 is 0 Å². The molecule has 0 saturated heterocycles. The van der Waals surface area contributed by atoms with E-state index in [4.69, 9.17) is 5.21 Å². The number of carbonyl (C=O) groups excluding carboxylic acids is 1. The summed E-state index contributed by atoms with van der Waals surface area (Å²) < 4.78 is 0. The highest BCUT2D eigenvalue weighted by Gasteiger charge is 2.07. The SMILES string of the molecule is C/C(=N/O)c1cccc(NC(=O)c2ccnc(C)c2)c1. The van der Waals surface area contributed by atoms with Crippen molar-refractivity contribution in [2.24, 2.45) is 5.16 Å². The average molecular weight is 269 g/mol. The maximum atomic E-state index is 12.1. The number of pyridine rings is 1. The molecule has 0 aliphatic rings. The monoisotopic (exact) mass is 269 g/mol. The van der Waals surface area contributed by atoms with Crippen molar-refractivity contribution in [3.63, 3.8) is 0 Å². The Morgan fingerprint density at radius 1 is 1.25 bits per heavy atom. The van der Waals surface area contributed by atoms with Crippen LogP contribution in [0.5, 0.6) is 0 Å². The van der Waals surface area contributed by atoms with Crippen LogP contribution in [0.2, 0.25) is 0 Å². The second kappa shape index (κ2) is 5.97. The van der Waals surface area contributed by atoms with Crippen LogP contribution in [-0.2, 0) is 0 Å². The van der Waals surface area contributed by atoms with E-state index in [0.717, 1.165) is 11.3 Å². The number of amides is 1. The molecule has 1 aromatic carbocycles. The topological polar surface area (TPSA) is 74.6 Å². The lowest BCUT2D eigenvalue weighted by atomic mass is 10.1. The second-order valence-electron chi connectivity index (χ2n) is 4.41. The van der Waals surface area contributed by atoms with E-state index in [1.54, 1.807) is 49.5 Å². The van der Waals surface area contributed by atoms with Crippen LogP contribution in [0.15, 0.2) is 47.8 Å². The van der Waals surface area contributed by atoms with Crippen molar-refractivity contribution in [2.75, 3.05) is 5.32 Å². The summed E-state index contributed by atoms with van der Waals surface area (Å²) >= 11 is 0. The van der Waals surface area contributed by atoms with Crippen LogP contribution in [0.1, 0.15) is 28.5 Å². The molecule has 2 N–H and O–H groups in total. The number of nitrogens with zero attached hydrogens (tertiary/aromatic N) is 2. The van der Waals surface area contributed by atoms with E-state index >= 15 is 0 Å². The van der Waals surface area contributed by atoms with Crippen molar-refractivity contribution in [1.29, 1.82) is 0 Å². The molecule has 0 bridgehead atoms. The molecule has 1 aromatic heterocycles. The number of aryl methyl sites for hydroxylation is 1. The molecule has 0 atom stereocenters. The molecule has 1 heterocycles. The Balaban J connectivity index is 2.20. The predicted molar refractivity (Wildman–Crippen MR) is 77.4 cm³/mol. The lowest BCUT2D eigenvalue weighted by Gasteiger charge is -2.07. The Bertz CT molecular complexity index is 666. The number of nitrogens with one attached hydrogen (secondary N) is 1. The van der Waals surface area contributed by atoms with Gasteiger partial charge in [-0.25, -0.2) is 0 Å². The Morgan fingerprint density at radius 2 is 2.05 bits per heavy atom. The number of anilines is 1. The molecule has 0 aliphatic carbocycles. The van der Waals surface area contributed by atoms with Gasteiger partial charge in [-0.2, -0.15) is 0 Å². The fourth-order valence-electron chi connectivity index (χ4n) is 1.77. The minimum atomic E-state index is -0.203. The summed E-state index contributed by atoms with van der Waals surface area (Å²) in [6.45, 7) is 3.52. The van der Waals surface area contributed by atoms with E-state index < -0.39 is 0 Å². The molecular weight excluding hydrogens is 254 g/mol. The van der Waals surface area contributed by atoms with Crippen LogP contribution in [0.3, 0.4) is 0 Å². The van der Waals surface area contributed by atoms with Crippen LogP contribution < -0.4 is 5.32 Å². The largest absolute Gasteiger partial charge is 0.411 e. The zero-order valence-electron chi connectivity index (χ0n) is 11.3. The van der Waals surface area contributed by atoms with Crippen molar-refractivity contribution in [1.82, 2.24) is 4.98 Å². The van der Waals surface area contributed by atoms with Crippen LogP contribution in [0, 0.1) is 6.92 Å². The normalized spacial score (nSPS) is 11.2. The number of benzene rings is 1. The van der Waals surface area contributed by atoms with Gasteiger partial charge in [0.05, 0.1) is 5.71 Å². The van der Waals surface area contributed by atoms with Gasteiger partial charge in [0.15, 0.2) is 0 Å². The number of hydrogen-bond acceptors (Lipinski definition) is 4. The Kier molecular flexibility index (Phi) is 4.10. The molecule has 5 nitrogen and oxygen atoms in total. The van der Waals surface area contributed by atoms with E-state index in [0.29, 0.717) is 17.0 Å². The van der Waals surface area contributed by atoms with E-state index in [9.17, 15) is 4.79 Å². The third kappa shape index (κ3) is 3.20. The van der Waals surface area contributed by atoms with Gasteiger partial charge in [-0.15, -0.1) is 0 Å². The van der Waals surface area contributed by atoms with Crippen LogP contribution in [0.4, 0.5) is 5.69 Å². The number of oxime groups is 1. The van der Waals surface area contributed by atoms with Crippen LogP contribution in [0.25, 0.3) is 0 Å². The molecule has 2 aromatic rings.